The zero-order chi connectivity index (χ0) is 26.9. The molecule has 0 aliphatic rings. The van der Waals surface area contributed by atoms with Crippen LogP contribution in [0.25, 0.3) is 0 Å². The summed E-state index contributed by atoms with van der Waals surface area (Å²) < 4.78 is 11.0. The van der Waals surface area contributed by atoms with Crippen molar-refractivity contribution in [1.82, 2.24) is 0 Å². The average molecular weight is 513 g/mol. The molecule has 0 fully saturated rings. The molecular weight excluding hydrogens is 480 g/mol. The first kappa shape index (κ1) is 25.9. The number of nitrogens with zero attached hydrogens (tertiary/aromatic N) is 2. The largest absolute Gasteiger partial charge is 0.497 e. The van der Waals surface area contributed by atoms with E-state index in [2.05, 4.69) is 77.0 Å². The lowest BCUT2D eigenvalue weighted by molar-refractivity contribution is 0.413. The summed E-state index contributed by atoms with van der Waals surface area (Å²) in [4.78, 5) is 0. The van der Waals surface area contributed by atoms with Crippen molar-refractivity contribution in [2.24, 2.45) is 10.2 Å². The number of azo groups is 1. The molecule has 39 heavy (non-hydrogen) atoms. The quantitative estimate of drug-likeness (QED) is 0.138. The highest BCUT2D eigenvalue weighted by Crippen LogP contribution is 2.44. The molecular formula is C35H32N2O2. The molecule has 0 N–H and O–H groups in total. The van der Waals surface area contributed by atoms with Crippen molar-refractivity contribution in [3.05, 3.63) is 156 Å². The summed E-state index contributed by atoms with van der Waals surface area (Å²) in [6, 6.07) is 45.7. The fourth-order valence-electron chi connectivity index (χ4n) is 5.15. The number of methoxy groups -OCH3 is 2. The highest BCUT2D eigenvalue weighted by molar-refractivity contribution is 5.53. The molecule has 0 bridgehead atoms. The molecule has 0 amide bonds. The van der Waals surface area contributed by atoms with Gasteiger partial charge in [-0.1, -0.05) is 91.0 Å². The molecule has 0 spiro atoms. The number of hydrogen-bond acceptors (Lipinski definition) is 4. The van der Waals surface area contributed by atoms with Crippen molar-refractivity contribution in [2.45, 2.75) is 18.3 Å². The maximum absolute atomic E-state index is 5.49. The maximum Gasteiger partial charge on any atom is 0.118 e. The minimum Gasteiger partial charge on any atom is -0.497 e. The Bertz CT molecular complexity index is 1450. The molecule has 0 atom stereocenters. The fraction of sp³-hybridized carbons (Fsp3) is 0.143. The van der Waals surface area contributed by atoms with E-state index in [4.69, 9.17) is 9.47 Å². The highest BCUT2D eigenvalue weighted by atomic mass is 16.5. The van der Waals surface area contributed by atoms with Crippen LogP contribution in [0.5, 0.6) is 11.5 Å². The van der Waals surface area contributed by atoms with E-state index in [9.17, 15) is 0 Å². The van der Waals surface area contributed by atoms with Gasteiger partial charge in [0.25, 0.3) is 0 Å². The second-order valence-electron chi connectivity index (χ2n) is 9.39. The van der Waals surface area contributed by atoms with Crippen LogP contribution in [0.4, 0.5) is 11.4 Å². The monoisotopic (exact) mass is 512 g/mol. The smallest absolute Gasteiger partial charge is 0.118 e. The molecule has 0 heterocycles. The Morgan fingerprint density at radius 1 is 0.513 bits per heavy atom. The van der Waals surface area contributed by atoms with Crippen LogP contribution in [-0.4, -0.2) is 14.2 Å². The Hall–Kier alpha value is -4.70. The first-order valence-corrected chi connectivity index (χ1v) is 13.1. The second kappa shape index (κ2) is 12.2. The standard InChI is InChI=1S/C35H32N2O2/c1-38-32-21-17-29(18-22-32)35(28-12-5-3-6-13-28,30-19-23-33(39-2)24-20-30)26-25-27-11-9-10-16-34(27)37-36-31-14-7-4-8-15-31/h3-24H,25-26H2,1-2H3. The molecule has 0 unspecified atom stereocenters. The van der Waals surface area contributed by atoms with Crippen LogP contribution in [0.2, 0.25) is 0 Å². The van der Waals surface area contributed by atoms with Crippen LogP contribution in [0, 0.1) is 0 Å². The number of ether oxygens (including phenoxy) is 2. The lowest BCUT2D eigenvalue weighted by Crippen LogP contribution is -2.30. The Labute approximate surface area is 230 Å². The van der Waals surface area contributed by atoms with Crippen LogP contribution in [0.15, 0.2) is 144 Å². The van der Waals surface area contributed by atoms with E-state index in [1.165, 1.54) is 16.7 Å². The molecule has 0 aliphatic carbocycles. The molecule has 0 saturated heterocycles. The van der Waals surface area contributed by atoms with Gasteiger partial charge >= 0.3 is 0 Å². The normalized spacial score (nSPS) is 11.4. The Morgan fingerprint density at radius 2 is 1.00 bits per heavy atom. The van der Waals surface area contributed by atoms with Gasteiger partial charge in [-0.3, -0.25) is 0 Å². The summed E-state index contributed by atoms with van der Waals surface area (Å²) in [7, 11) is 3.40. The van der Waals surface area contributed by atoms with E-state index < -0.39 is 5.41 Å². The topological polar surface area (TPSA) is 43.2 Å². The Balaban J connectivity index is 1.60. The average Bonchev–Trinajstić information content (AvgIpc) is 3.02. The maximum atomic E-state index is 5.49. The summed E-state index contributed by atoms with van der Waals surface area (Å²) in [5.41, 5.74) is 6.08. The van der Waals surface area contributed by atoms with Crippen molar-refractivity contribution in [3.8, 4) is 11.5 Å². The first-order valence-electron chi connectivity index (χ1n) is 13.1. The second-order valence-corrected chi connectivity index (χ2v) is 9.39. The van der Waals surface area contributed by atoms with Crippen molar-refractivity contribution < 1.29 is 9.47 Å². The molecule has 4 nitrogen and oxygen atoms in total. The van der Waals surface area contributed by atoms with E-state index in [-0.39, 0.29) is 0 Å². The van der Waals surface area contributed by atoms with Gasteiger partial charge in [0, 0.05) is 5.41 Å². The molecule has 0 aliphatic heterocycles. The number of rotatable bonds is 10. The predicted molar refractivity (Wildman–Crippen MR) is 158 cm³/mol. The summed E-state index contributed by atoms with van der Waals surface area (Å²) in [6.45, 7) is 0. The summed E-state index contributed by atoms with van der Waals surface area (Å²) in [5, 5.41) is 9.12. The van der Waals surface area contributed by atoms with Gasteiger partial charge in [-0.15, -0.1) is 0 Å². The predicted octanol–water partition coefficient (Wildman–Crippen LogP) is 9.09. The van der Waals surface area contributed by atoms with E-state index >= 15 is 0 Å². The van der Waals surface area contributed by atoms with Gasteiger partial charge in [-0.05, 0) is 77.6 Å². The minimum absolute atomic E-state index is 0.413. The lowest BCUT2D eigenvalue weighted by atomic mass is 9.66. The van der Waals surface area contributed by atoms with Crippen LogP contribution < -0.4 is 9.47 Å². The van der Waals surface area contributed by atoms with Gasteiger partial charge < -0.3 is 9.47 Å². The van der Waals surface area contributed by atoms with Gasteiger partial charge in [-0.25, -0.2) is 0 Å². The van der Waals surface area contributed by atoms with Crippen LogP contribution in [0.3, 0.4) is 0 Å². The number of benzene rings is 5. The Kier molecular flexibility index (Phi) is 8.13. The minimum atomic E-state index is -0.413. The van der Waals surface area contributed by atoms with Gasteiger partial charge in [0.15, 0.2) is 0 Å². The Morgan fingerprint density at radius 3 is 1.56 bits per heavy atom. The highest BCUT2D eigenvalue weighted by Gasteiger charge is 2.36. The zero-order valence-electron chi connectivity index (χ0n) is 22.3. The van der Waals surface area contributed by atoms with Crippen molar-refractivity contribution >= 4 is 11.4 Å². The van der Waals surface area contributed by atoms with Gasteiger partial charge in [0.05, 0.1) is 25.6 Å². The summed E-state index contributed by atoms with van der Waals surface area (Å²) in [5.74, 6) is 1.67. The van der Waals surface area contributed by atoms with Crippen LogP contribution >= 0.6 is 0 Å². The molecule has 0 saturated carbocycles. The molecule has 0 radical (unpaired) electrons. The summed E-state index contributed by atoms with van der Waals surface area (Å²) in [6.07, 6.45) is 1.63. The fourth-order valence-corrected chi connectivity index (χ4v) is 5.15. The lowest BCUT2D eigenvalue weighted by Gasteiger charge is -2.36. The van der Waals surface area contributed by atoms with Gasteiger partial charge in [0.2, 0.25) is 0 Å². The van der Waals surface area contributed by atoms with E-state index in [0.29, 0.717) is 0 Å². The molecule has 5 aromatic rings. The van der Waals surface area contributed by atoms with E-state index in [1.54, 1.807) is 14.2 Å². The third-order valence-corrected chi connectivity index (χ3v) is 7.22. The first-order chi connectivity index (χ1) is 19.2. The number of hydrogen-bond donors (Lipinski definition) is 0. The van der Waals surface area contributed by atoms with Crippen LogP contribution in [-0.2, 0) is 11.8 Å². The zero-order valence-corrected chi connectivity index (χ0v) is 22.3. The van der Waals surface area contributed by atoms with Crippen molar-refractivity contribution in [2.75, 3.05) is 14.2 Å². The SMILES string of the molecule is COc1ccc(C(CCc2ccccc2N=Nc2ccccc2)(c2ccccc2)c2ccc(OC)cc2)cc1. The summed E-state index contributed by atoms with van der Waals surface area (Å²) >= 11 is 0. The van der Waals surface area contributed by atoms with Crippen molar-refractivity contribution in [3.63, 3.8) is 0 Å². The number of aryl methyl sites for hydroxylation is 1. The molecule has 194 valence electrons. The van der Waals surface area contributed by atoms with Gasteiger partial charge in [0.1, 0.15) is 11.5 Å². The van der Waals surface area contributed by atoms with Gasteiger partial charge in [-0.2, -0.15) is 10.2 Å². The van der Waals surface area contributed by atoms with Crippen LogP contribution in [0.1, 0.15) is 28.7 Å². The molecule has 4 heteroatoms. The molecule has 5 rings (SSSR count). The van der Waals surface area contributed by atoms with Crippen molar-refractivity contribution in [1.29, 1.82) is 0 Å². The third kappa shape index (κ3) is 5.75. The molecule has 0 aromatic heterocycles. The molecule has 5 aromatic carbocycles. The van der Waals surface area contributed by atoms with E-state index in [0.717, 1.165) is 41.3 Å². The third-order valence-electron chi connectivity index (χ3n) is 7.22. The van der Waals surface area contributed by atoms with E-state index in [1.807, 2.05) is 66.7 Å².